The summed E-state index contributed by atoms with van der Waals surface area (Å²) in [5.74, 6) is 0.936. The van der Waals surface area contributed by atoms with Gasteiger partial charge in [0.15, 0.2) is 0 Å². The fraction of sp³-hybridized carbons (Fsp3) is 0.474. The van der Waals surface area contributed by atoms with Crippen molar-refractivity contribution < 1.29 is 5.11 Å². The van der Waals surface area contributed by atoms with Gasteiger partial charge in [0.2, 0.25) is 0 Å². The highest BCUT2D eigenvalue weighted by atomic mass is 16.3. The largest absolute Gasteiger partial charge is 0.396 e. The number of hydrogen-bond donors (Lipinski definition) is 2. The minimum absolute atomic E-state index is 0.299. The predicted molar refractivity (Wildman–Crippen MR) is 91.1 cm³/mol. The summed E-state index contributed by atoms with van der Waals surface area (Å²) in [4.78, 5) is 6.09. The average molecular weight is 296 g/mol. The molecule has 1 aliphatic carbocycles. The monoisotopic (exact) mass is 296 g/mol. The van der Waals surface area contributed by atoms with Crippen LogP contribution in [0.3, 0.4) is 0 Å². The second-order valence-corrected chi connectivity index (χ2v) is 6.74. The van der Waals surface area contributed by atoms with Gasteiger partial charge >= 0.3 is 0 Å². The number of fused-ring (bicyclic) bond motifs is 2. The van der Waals surface area contributed by atoms with Crippen LogP contribution in [-0.4, -0.2) is 40.7 Å². The number of nitrogens with zero attached hydrogens (tertiary/aromatic N) is 1. The van der Waals surface area contributed by atoms with E-state index in [2.05, 4.69) is 41.6 Å². The van der Waals surface area contributed by atoms with E-state index in [9.17, 15) is 5.11 Å². The number of aliphatic hydroxyl groups is 1. The molecule has 1 saturated heterocycles. The van der Waals surface area contributed by atoms with Crippen LogP contribution >= 0.6 is 0 Å². The Morgan fingerprint density at radius 1 is 1.45 bits per heavy atom. The van der Waals surface area contributed by atoms with Crippen LogP contribution in [0.15, 0.2) is 24.8 Å². The number of piperidine rings is 1. The van der Waals surface area contributed by atoms with E-state index in [0.717, 1.165) is 25.9 Å². The molecule has 2 N–H and O–H groups in total. The molecule has 1 unspecified atom stereocenters. The fourth-order valence-electron chi connectivity index (χ4n) is 4.68. The molecule has 0 saturated carbocycles. The van der Waals surface area contributed by atoms with Crippen LogP contribution in [0.1, 0.15) is 36.1 Å². The van der Waals surface area contributed by atoms with Crippen molar-refractivity contribution in [3.05, 3.63) is 41.6 Å². The number of hydrogen-bond acceptors (Lipinski definition) is 2. The Morgan fingerprint density at radius 2 is 2.32 bits per heavy atom. The first-order valence-corrected chi connectivity index (χ1v) is 8.37. The van der Waals surface area contributed by atoms with Crippen molar-refractivity contribution in [1.82, 2.24) is 9.88 Å². The van der Waals surface area contributed by atoms with Crippen molar-refractivity contribution in [3.63, 3.8) is 0 Å². The minimum atomic E-state index is 0.299. The summed E-state index contributed by atoms with van der Waals surface area (Å²) < 4.78 is 0. The van der Waals surface area contributed by atoms with E-state index in [-0.39, 0.29) is 0 Å². The Labute approximate surface area is 131 Å². The van der Waals surface area contributed by atoms with Crippen molar-refractivity contribution in [2.75, 3.05) is 19.7 Å². The number of aliphatic hydroxyl groups excluding tert-OH is 1. The maximum absolute atomic E-state index is 9.68. The molecule has 0 spiro atoms. The lowest BCUT2D eigenvalue weighted by molar-refractivity contribution is 0.0612. The van der Waals surface area contributed by atoms with Gasteiger partial charge in [0, 0.05) is 41.7 Å². The van der Waals surface area contributed by atoms with Gasteiger partial charge in [0.25, 0.3) is 0 Å². The summed E-state index contributed by atoms with van der Waals surface area (Å²) in [7, 11) is 0. The van der Waals surface area contributed by atoms with E-state index in [1.54, 1.807) is 0 Å². The zero-order valence-electron chi connectivity index (χ0n) is 13.2. The van der Waals surface area contributed by atoms with E-state index >= 15 is 0 Å². The molecule has 0 amide bonds. The van der Waals surface area contributed by atoms with E-state index in [0.29, 0.717) is 24.5 Å². The van der Waals surface area contributed by atoms with Gasteiger partial charge in [-0.05, 0) is 48.6 Å². The van der Waals surface area contributed by atoms with Crippen LogP contribution in [-0.2, 0) is 6.42 Å². The maximum Gasteiger partial charge on any atom is 0.0471 e. The number of aromatic amines is 1. The molecule has 4 rings (SSSR count). The van der Waals surface area contributed by atoms with E-state index < -0.39 is 0 Å². The quantitative estimate of drug-likeness (QED) is 0.913. The third kappa shape index (κ3) is 1.89. The van der Waals surface area contributed by atoms with Gasteiger partial charge in [0.1, 0.15) is 0 Å². The van der Waals surface area contributed by atoms with Crippen LogP contribution in [0.5, 0.6) is 0 Å². The molecule has 0 radical (unpaired) electrons. The lowest BCUT2D eigenvalue weighted by atomic mass is 9.72. The van der Waals surface area contributed by atoms with Crippen molar-refractivity contribution >= 4 is 17.0 Å². The Bertz CT molecular complexity index is 718. The molecule has 1 aromatic carbocycles. The van der Waals surface area contributed by atoms with Crippen molar-refractivity contribution in [1.29, 1.82) is 0 Å². The zero-order valence-corrected chi connectivity index (χ0v) is 13.2. The van der Waals surface area contributed by atoms with Crippen molar-refractivity contribution in [2.24, 2.45) is 5.92 Å². The molecule has 1 aliphatic heterocycles. The van der Waals surface area contributed by atoms with E-state index in [4.69, 9.17) is 0 Å². The summed E-state index contributed by atoms with van der Waals surface area (Å²) in [5, 5.41) is 11.1. The molecule has 116 valence electrons. The van der Waals surface area contributed by atoms with Crippen LogP contribution in [0, 0.1) is 5.92 Å². The lowest BCUT2D eigenvalue weighted by Crippen LogP contribution is -2.50. The smallest absolute Gasteiger partial charge is 0.0471 e. The Hall–Kier alpha value is -1.58. The average Bonchev–Trinajstić information content (AvgIpc) is 2.93. The number of H-pyrrole nitrogens is 1. The molecular weight excluding hydrogens is 272 g/mol. The third-order valence-electron chi connectivity index (χ3n) is 5.69. The van der Waals surface area contributed by atoms with Gasteiger partial charge in [-0.1, -0.05) is 25.6 Å². The highest BCUT2D eigenvalue weighted by Gasteiger charge is 2.40. The molecule has 1 aromatic heterocycles. The lowest BCUT2D eigenvalue weighted by Gasteiger charge is -2.46. The first kappa shape index (κ1) is 14.0. The van der Waals surface area contributed by atoms with Gasteiger partial charge in [-0.3, -0.25) is 4.90 Å². The Morgan fingerprint density at radius 3 is 3.05 bits per heavy atom. The molecule has 3 atom stereocenters. The zero-order chi connectivity index (χ0) is 15.3. The minimum Gasteiger partial charge on any atom is -0.396 e. The highest BCUT2D eigenvalue weighted by molar-refractivity contribution is 5.91. The maximum atomic E-state index is 9.68. The molecule has 2 aliphatic rings. The van der Waals surface area contributed by atoms with Crippen LogP contribution < -0.4 is 0 Å². The van der Waals surface area contributed by atoms with Crippen molar-refractivity contribution in [3.8, 4) is 0 Å². The number of rotatable bonds is 3. The summed E-state index contributed by atoms with van der Waals surface area (Å²) >= 11 is 0. The summed E-state index contributed by atoms with van der Waals surface area (Å²) in [6, 6.07) is 7.17. The van der Waals surface area contributed by atoms with Gasteiger partial charge in [-0.25, -0.2) is 0 Å². The van der Waals surface area contributed by atoms with E-state index in [1.807, 2.05) is 6.08 Å². The van der Waals surface area contributed by atoms with Crippen LogP contribution in [0.4, 0.5) is 0 Å². The predicted octanol–water partition coefficient (Wildman–Crippen LogP) is 3.15. The molecule has 0 bridgehead atoms. The fourth-order valence-corrected chi connectivity index (χ4v) is 4.68. The highest BCUT2D eigenvalue weighted by Crippen LogP contribution is 2.45. The number of likely N-dealkylation sites (N-methyl/N-ethyl adjacent to an activating group) is 1. The second kappa shape index (κ2) is 5.25. The second-order valence-electron chi connectivity index (χ2n) is 6.74. The molecule has 3 nitrogen and oxygen atoms in total. The van der Waals surface area contributed by atoms with Gasteiger partial charge in [-0.2, -0.15) is 0 Å². The number of aromatic nitrogens is 1. The number of nitrogens with one attached hydrogen (secondary N) is 1. The summed E-state index contributed by atoms with van der Waals surface area (Å²) in [6.07, 6.45) is 4.15. The Kier molecular flexibility index (Phi) is 3.35. The molecule has 1 fully saturated rings. The molecule has 22 heavy (non-hydrogen) atoms. The SMILES string of the molecule is C=Cc1[nH]c2cccc3c2c1C[C@@H]1C3C[C@@H](CO)CN1CC. The molecule has 2 heterocycles. The van der Waals surface area contributed by atoms with Gasteiger partial charge < -0.3 is 10.1 Å². The van der Waals surface area contributed by atoms with Crippen LogP contribution in [0.2, 0.25) is 0 Å². The van der Waals surface area contributed by atoms with E-state index in [1.165, 1.54) is 27.7 Å². The number of benzene rings is 1. The normalized spacial score (nSPS) is 27.8. The van der Waals surface area contributed by atoms with Gasteiger partial charge in [0.05, 0.1) is 0 Å². The molecule has 2 aromatic rings. The topological polar surface area (TPSA) is 39.3 Å². The number of likely N-dealkylation sites (tertiary alicyclic amines) is 1. The molecule has 3 heteroatoms. The van der Waals surface area contributed by atoms with Crippen LogP contribution in [0.25, 0.3) is 17.0 Å². The summed E-state index contributed by atoms with van der Waals surface area (Å²) in [5.41, 5.74) is 5.31. The third-order valence-corrected chi connectivity index (χ3v) is 5.69. The molecular formula is C19H24N2O. The first-order valence-electron chi connectivity index (χ1n) is 8.37. The first-order chi connectivity index (χ1) is 10.8. The Balaban J connectivity index is 1.89. The standard InChI is InChI=1S/C19H24N2O/c1-3-16-15-9-18-14(8-12(11-22)10-21(18)4-2)13-6-5-7-17(20-16)19(13)15/h3,5-7,12,14,18,20,22H,1,4,8-11H2,2H3/t12-,14?,18-/m1/s1. The summed E-state index contributed by atoms with van der Waals surface area (Å²) in [6.45, 7) is 8.59. The van der Waals surface area contributed by atoms with Gasteiger partial charge in [-0.15, -0.1) is 0 Å². The van der Waals surface area contributed by atoms with Crippen molar-refractivity contribution in [2.45, 2.75) is 31.7 Å².